The van der Waals surface area contributed by atoms with E-state index in [1.54, 1.807) is 0 Å². The normalized spacial score (nSPS) is 15.1. The summed E-state index contributed by atoms with van der Waals surface area (Å²) >= 11 is 1.82. The maximum absolute atomic E-state index is 2.24. The third-order valence-corrected chi connectivity index (χ3v) is 1.99. The van der Waals surface area contributed by atoms with Gasteiger partial charge < -0.3 is 11.8 Å². The molecule has 1 rings (SSSR count). The molecule has 0 fully saturated rings. The summed E-state index contributed by atoms with van der Waals surface area (Å²) in [6.07, 6.45) is 2.53. The quantitative estimate of drug-likeness (QED) is 0.583. The largest absolute Gasteiger partial charge is 0.324 e. The Labute approximate surface area is 143 Å². The van der Waals surface area contributed by atoms with Crippen LogP contribution in [0.15, 0.2) is 11.0 Å². The van der Waals surface area contributed by atoms with E-state index in [-0.39, 0.29) is 98.1 Å². The van der Waals surface area contributed by atoms with Gasteiger partial charge in [-0.1, -0.05) is 17.4 Å². The molecule has 10 heavy (non-hydrogen) atoms. The second-order valence-electron chi connectivity index (χ2n) is 1.81. The first-order valence-corrected chi connectivity index (χ1v) is 3.46. The van der Waals surface area contributed by atoms with Crippen molar-refractivity contribution in [2.24, 2.45) is 0 Å². The molecule has 0 N–H and O–H groups in total. The molecule has 1 heterocycles. The second kappa shape index (κ2) is 12.4. The summed E-state index contributed by atoms with van der Waals surface area (Å²) in [5.74, 6) is 2.24. The standard InChI is InChI=1S/C6H9S.3Y/c1-6-3-2-4-7-5-6;;;/h4-5H,2-3H2,1H3;;;/q-1;;;. The van der Waals surface area contributed by atoms with Gasteiger partial charge in [0.15, 0.2) is 0 Å². The van der Waals surface area contributed by atoms with Crippen molar-refractivity contribution in [1.29, 1.82) is 0 Å². The maximum atomic E-state index is 2.24. The van der Waals surface area contributed by atoms with E-state index in [9.17, 15) is 0 Å². The Balaban J connectivity index is -0.000000163. The predicted molar refractivity (Wildman–Crippen MR) is 34.9 cm³/mol. The number of hydrogen-bond donors (Lipinski definition) is 0. The van der Waals surface area contributed by atoms with Gasteiger partial charge in [-0.05, 0) is 6.92 Å². The fourth-order valence-corrected chi connectivity index (χ4v) is 1.28. The van der Waals surface area contributed by atoms with Crippen LogP contribution in [0.1, 0.15) is 19.8 Å². The average molecular weight is 380 g/mol. The molecule has 0 aromatic heterocycles. The van der Waals surface area contributed by atoms with E-state index in [2.05, 4.69) is 18.1 Å². The van der Waals surface area contributed by atoms with E-state index in [4.69, 9.17) is 0 Å². The van der Waals surface area contributed by atoms with E-state index in [0.717, 1.165) is 0 Å². The van der Waals surface area contributed by atoms with Crippen molar-refractivity contribution in [3.63, 3.8) is 0 Å². The Bertz CT molecular complexity index is 93.0. The van der Waals surface area contributed by atoms with Gasteiger partial charge in [0.2, 0.25) is 0 Å². The summed E-state index contributed by atoms with van der Waals surface area (Å²) in [4.78, 5) is 0. The molecule has 0 spiro atoms. The Morgan fingerprint density at radius 2 is 2.00 bits per heavy atom. The van der Waals surface area contributed by atoms with E-state index >= 15 is 0 Å². The van der Waals surface area contributed by atoms with Gasteiger partial charge in [0, 0.05) is 98.1 Å². The van der Waals surface area contributed by atoms with Gasteiger partial charge in [0.25, 0.3) is 0 Å². The molecule has 49 valence electrons. The first-order chi connectivity index (χ1) is 3.39. The van der Waals surface area contributed by atoms with Crippen LogP contribution in [0.2, 0.25) is 0 Å². The topological polar surface area (TPSA) is 0 Å². The molecular formula is C6H9SY3-. The molecule has 0 saturated carbocycles. The zero-order valence-corrected chi connectivity index (χ0v) is 15.5. The van der Waals surface area contributed by atoms with Gasteiger partial charge >= 0.3 is 0 Å². The van der Waals surface area contributed by atoms with Gasteiger partial charge in [-0.3, -0.25) is 5.75 Å². The number of thioether (sulfide) groups is 1. The molecule has 0 amide bonds. The molecule has 0 aromatic carbocycles. The minimum Gasteiger partial charge on any atom is -0.324 e. The first-order valence-electron chi connectivity index (χ1n) is 2.52. The van der Waals surface area contributed by atoms with Crippen LogP contribution in [0.25, 0.3) is 0 Å². The molecule has 1 aliphatic heterocycles. The van der Waals surface area contributed by atoms with E-state index in [1.807, 2.05) is 11.8 Å². The number of hydrogen-bond acceptors (Lipinski definition) is 1. The molecule has 1 aliphatic rings. The SMILES string of the molecule is CC1=CS[CH-]CC1.[Y].[Y].[Y]. The fourth-order valence-electron chi connectivity index (χ4n) is 0.578. The third kappa shape index (κ3) is 9.49. The minimum absolute atomic E-state index is 0. The van der Waals surface area contributed by atoms with Crippen LogP contribution in [0.3, 0.4) is 0 Å². The molecule has 0 atom stereocenters. The zero-order chi connectivity index (χ0) is 5.11. The molecule has 3 radical (unpaired) electrons. The molecule has 0 saturated heterocycles. The fraction of sp³-hybridized carbons (Fsp3) is 0.500. The van der Waals surface area contributed by atoms with Crippen molar-refractivity contribution in [2.45, 2.75) is 19.8 Å². The van der Waals surface area contributed by atoms with Crippen molar-refractivity contribution in [3.05, 3.63) is 16.7 Å². The monoisotopic (exact) mass is 380 g/mol. The summed E-state index contributed by atoms with van der Waals surface area (Å²) in [5.41, 5.74) is 1.52. The summed E-state index contributed by atoms with van der Waals surface area (Å²) in [6, 6.07) is 0. The summed E-state index contributed by atoms with van der Waals surface area (Å²) in [7, 11) is 0. The van der Waals surface area contributed by atoms with Crippen molar-refractivity contribution in [2.75, 3.05) is 0 Å². The molecule has 0 aromatic rings. The van der Waals surface area contributed by atoms with E-state index < -0.39 is 0 Å². The van der Waals surface area contributed by atoms with Gasteiger partial charge in [0.05, 0.1) is 0 Å². The molecule has 0 bridgehead atoms. The van der Waals surface area contributed by atoms with Crippen LogP contribution in [-0.4, -0.2) is 0 Å². The van der Waals surface area contributed by atoms with Crippen LogP contribution in [-0.2, 0) is 98.1 Å². The Hall–Kier alpha value is 3.40. The second-order valence-corrected chi connectivity index (χ2v) is 2.65. The maximum Gasteiger partial charge on any atom is 0 e. The predicted octanol–water partition coefficient (Wildman–Crippen LogP) is 2.57. The van der Waals surface area contributed by atoms with Crippen molar-refractivity contribution in [1.82, 2.24) is 0 Å². The summed E-state index contributed by atoms with van der Waals surface area (Å²) in [6.45, 7) is 2.18. The van der Waals surface area contributed by atoms with Gasteiger partial charge in [-0.2, -0.15) is 6.42 Å². The molecule has 0 aliphatic carbocycles. The van der Waals surface area contributed by atoms with Crippen molar-refractivity contribution >= 4 is 11.8 Å². The Kier molecular flexibility index (Phi) is 23.6. The number of allylic oxidation sites excluding steroid dienone is 1. The Morgan fingerprint density at radius 1 is 1.40 bits per heavy atom. The van der Waals surface area contributed by atoms with Gasteiger partial charge in [-0.15, -0.1) is 0 Å². The molecular weight excluding hydrogens is 371 g/mol. The van der Waals surface area contributed by atoms with Crippen LogP contribution < -0.4 is 0 Å². The number of rotatable bonds is 0. The third-order valence-electron chi connectivity index (χ3n) is 1.02. The van der Waals surface area contributed by atoms with Gasteiger partial charge in [-0.25, -0.2) is 0 Å². The van der Waals surface area contributed by atoms with Crippen molar-refractivity contribution in [3.8, 4) is 0 Å². The van der Waals surface area contributed by atoms with Crippen molar-refractivity contribution < 1.29 is 98.1 Å². The molecule has 0 unspecified atom stereocenters. The summed E-state index contributed by atoms with van der Waals surface area (Å²) in [5, 5.41) is 2.21. The van der Waals surface area contributed by atoms with Gasteiger partial charge in [0.1, 0.15) is 0 Å². The van der Waals surface area contributed by atoms with Crippen LogP contribution in [0, 0.1) is 5.75 Å². The first kappa shape index (κ1) is 19.1. The minimum atomic E-state index is 0. The average Bonchev–Trinajstić information content (AvgIpc) is 1.69. The Morgan fingerprint density at radius 3 is 2.20 bits per heavy atom. The smallest absolute Gasteiger partial charge is 0 e. The van der Waals surface area contributed by atoms with E-state index in [0.29, 0.717) is 0 Å². The van der Waals surface area contributed by atoms with Crippen LogP contribution >= 0.6 is 11.8 Å². The summed E-state index contributed by atoms with van der Waals surface area (Å²) < 4.78 is 0. The van der Waals surface area contributed by atoms with E-state index in [1.165, 1.54) is 18.4 Å². The molecule has 0 nitrogen and oxygen atoms in total. The van der Waals surface area contributed by atoms with Crippen LogP contribution in [0.4, 0.5) is 0 Å². The van der Waals surface area contributed by atoms with Crippen LogP contribution in [0.5, 0.6) is 0 Å². The zero-order valence-electron chi connectivity index (χ0n) is 6.21. The molecule has 4 heteroatoms.